The summed E-state index contributed by atoms with van der Waals surface area (Å²) in [6.45, 7) is 12.9. The Kier molecular flexibility index (Phi) is 7.11. The van der Waals surface area contributed by atoms with Gasteiger partial charge in [0.15, 0.2) is 0 Å². The Morgan fingerprint density at radius 3 is 1.55 bits per heavy atom. The van der Waals surface area contributed by atoms with E-state index in [0.29, 0.717) is 0 Å². The predicted octanol–water partition coefficient (Wildman–Crippen LogP) is 7.03. The fraction of sp³-hybridized carbons (Fsp3) is 0.167. The summed E-state index contributed by atoms with van der Waals surface area (Å²) in [7, 11) is 0. The van der Waals surface area contributed by atoms with Gasteiger partial charge >= 0.3 is 16.5 Å². The number of hydrogen-bond acceptors (Lipinski definition) is 0. The maximum Gasteiger partial charge on any atom is 2.00 e. The van der Waals surface area contributed by atoms with Crippen LogP contribution in [0.5, 0.6) is 0 Å². The Hall–Kier alpha value is -3.73. The van der Waals surface area contributed by atoms with Gasteiger partial charge in [-0.05, 0) is 140 Å². The molecule has 0 atom stereocenters. The molecule has 4 nitrogen and oxygen atoms in total. The molecule has 42 heavy (non-hydrogen) atoms. The van der Waals surface area contributed by atoms with Crippen LogP contribution in [0.25, 0.3) is 21.8 Å². The van der Waals surface area contributed by atoms with E-state index in [-0.39, 0.29) is 16.5 Å². The topological polar surface area (TPSA) is 56.4 Å². The van der Waals surface area contributed by atoms with Crippen LogP contribution in [-0.4, -0.2) is 0 Å². The van der Waals surface area contributed by atoms with Gasteiger partial charge in [-0.3, -0.25) is 0 Å². The van der Waals surface area contributed by atoms with Crippen LogP contribution in [0.4, 0.5) is 0 Å². The van der Waals surface area contributed by atoms with Gasteiger partial charge in [0.2, 0.25) is 0 Å². The molecule has 0 unspecified atom stereocenters. The third-order valence-corrected chi connectivity index (χ3v) is 8.63. The Morgan fingerprint density at radius 1 is 0.595 bits per heavy atom. The SMILES string of the molecule is Cc1cc(C)c(/C2=c3\cc/c([n-]3)=c3\cc/c([n-]3)=C(\c3c(C)cc(C)cc3C)[C+]3C=C(Br)/C(=C4\C=C[C+]2[N-]4)[N-]3)c(C)c1.[Ni+2]. The summed E-state index contributed by atoms with van der Waals surface area (Å²) >= 11 is 3.82. The van der Waals surface area contributed by atoms with Gasteiger partial charge in [0.1, 0.15) is 0 Å². The average molecular weight is 656 g/mol. The maximum absolute atomic E-state index is 5.19. The molecular weight excluding hydrogens is 627 g/mol. The predicted molar refractivity (Wildman–Crippen MR) is 169 cm³/mol. The molecule has 210 valence electrons. The van der Waals surface area contributed by atoms with Gasteiger partial charge in [0.25, 0.3) is 0 Å². The summed E-state index contributed by atoms with van der Waals surface area (Å²) in [5.41, 5.74) is 13.3. The molecule has 7 rings (SSSR count). The van der Waals surface area contributed by atoms with Crippen molar-refractivity contribution < 1.29 is 16.5 Å². The van der Waals surface area contributed by atoms with E-state index in [4.69, 9.17) is 20.6 Å². The Labute approximate surface area is 265 Å². The maximum atomic E-state index is 5.19. The van der Waals surface area contributed by atoms with Crippen molar-refractivity contribution >= 4 is 27.1 Å². The van der Waals surface area contributed by atoms with E-state index in [1.807, 2.05) is 0 Å². The smallest absolute Gasteiger partial charge is 0.613 e. The van der Waals surface area contributed by atoms with Crippen molar-refractivity contribution in [2.24, 2.45) is 0 Å². The normalized spacial score (nSPS) is 20.6. The van der Waals surface area contributed by atoms with E-state index in [1.165, 1.54) is 38.9 Å². The molecular formula is C36H29BrN4Ni. The van der Waals surface area contributed by atoms with E-state index < -0.39 is 0 Å². The van der Waals surface area contributed by atoms with Crippen LogP contribution in [-0.2, 0) is 16.5 Å². The number of fused-ring (bicyclic) bond motifs is 8. The monoisotopic (exact) mass is 654 g/mol. The molecule has 3 aliphatic rings. The molecule has 3 aliphatic heterocycles. The van der Waals surface area contributed by atoms with Crippen LogP contribution in [0.15, 0.2) is 82.6 Å². The van der Waals surface area contributed by atoms with Gasteiger partial charge in [-0.25, -0.2) is 0 Å². The number of rotatable bonds is 2. The third-order valence-electron chi connectivity index (χ3n) is 8.03. The summed E-state index contributed by atoms with van der Waals surface area (Å²) in [5, 5.41) is 13.8. The fourth-order valence-electron chi connectivity index (χ4n) is 6.55. The summed E-state index contributed by atoms with van der Waals surface area (Å²) in [5.74, 6) is 0. The molecule has 8 bridgehead atoms. The van der Waals surface area contributed by atoms with E-state index in [0.717, 1.165) is 66.1 Å². The second kappa shape index (κ2) is 10.5. The minimum atomic E-state index is 0. The summed E-state index contributed by atoms with van der Waals surface area (Å²) in [4.78, 5) is 10.3. The van der Waals surface area contributed by atoms with Crippen molar-refractivity contribution in [3.8, 4) is 0 Å². The summed E-state index contributed by atoms with van der Waals surface area (Å²) < 4.78 is 0.913. The van der Waals surface area contributed by atoms with E-state index >= 15 is 0 Å². The molecule has 0 N–H and O–H groups in total. The number of halogens is 1. The zero-order chi connectivity index (χ0) is 28.6. The molecule has 0 saturated carbocycles. The second-order valence-electron chi connectivity index (χ2n) is 11.3. The molecule has 0 aliphatic carbocycles. The van der Waals surface area contributed by atoms with E-state index in [2.05, 4.69) is 124 Å². The van der Waals surface area contributed by atoms with Gasteiger partial charge < -0.3 is 20.6 Å². The Bertz CT molecular complexity index is 2040. The zero-order valence-corrected chi connectivity index (χ0v) is 26.9. The summed E-state index contributed by atoms with van der Waals surface area (Å²) in [6.07, 6.45) is 6.26. The van der Waals surface area contributed by atoms with Gasteiger partial charge in [0, 0.05) is 28.1 Å². The number of aryl methyl sites for hydroxylation is 6. The van der Waals surface area contributed by atoms with Crippen molar-refractivity contribution in [1.82, 2.24) is 9.97 Å². The molecule has 0 saturated heterocycles. The molecule has 2 aromatic heterocycles. The first kappa shape index (κ1) is 28.4. The van der Waals surface area contributed by atoms with E-state index in [9.17, 15) is 0 Å². The molecule has 6 heteroatoms. The molecule has 0 fully saturated rings. The Morgan fingerprint density at radius 2 is 1.05 bits per heavy atom. The van der Waals surface area contributed by atoms with Crippen molar-refractivity contribution in [2.45, 2.75) is 41.5 Å². The standard InChI is InChI=1S/C36H29BrN4.Ni/c1-18-13-20(3)32(21(4)14-18)34-27-9-7-25(38-27)26-8-10-29(39-26)35(33-22(5)15-19(2)16-23(33)6)31-17-24(37)36(41-31)30-12-11-28(34)40-30;/h7-17H,1-6H3;/q-2;+2/b26-25-,34-27+,35-29+,36-30-;. The van der Waals surface area contributed by atoms with Crippen LogP contribution in [0.3, 0.4) is 0 Å². The molecule has 0 amide bonds. The van der Waals surface area contributed by atoms with Gasteiger partial charge in [0.05, 0.1) is 26.8 Å². The minimum absolute atomic E-state index is 0. The molecule has 4 aromatic rings. The molecule has 0 spiro atoms. The van der Waals surface area contributed by atoms with Crippen LogP contribution in [0.1, 0.15) is 44.5 Å². The van der Waals surface area contributed by atoms with Crippen LogP contribution in [0, 0.1) is 64.3 Å². The number of nitrogens with zero attached hydrogens (tertiary/aromatic N) is 4. The van der Waals surface area contributed by atoms with Crippen molar-refractivity contribution in [3.05, 3.63) is 171 Å². The first-order chi connectivity index (χ1) is 19.7. The number of benzene rings is 2. The van der Waals surface area contributed by atoms with Crippen molar-refractivity contribution in [3.63, 3.8) is 0 Å². The van der Waals surface area contributed by atoms with Crippen LogP contribution >= 0.6 is 15.9 Å². The largest absolute Gasteiger partial charge is 2.00 e. The Balaban J connectivity index is 0.00000316. The fourth-order valence-corrected chi connectivity index (χ4v) is 7.06. The van der Waals surface area contributed by atoms with Gasteiger partial charge in [-0.2, -0.15) is 0 Å². The van der Waals surface area contributed by atoms with Crippen LogP contribution in [0.2, 0.25) is 0 Å². The molecule has 0 radical (unpaired) electrons. The molecule has 2 aromatic carbocycles. The minimum Gasteiger partial charge on any atom is -0.613 e. The number of aromatic nitrogens is 2. The second-order valence-corrected chi connectivity index (χ2v) is 12.1. The average Bonchev–Trinajstić information content (AvgIpc) is 3.70. The number of allylic oxidation sites excluding steroid dienone is 2. The zero-order valence-electron chi connectivity index (χ0n) is 24.3. The van der Waals surface area contributed by atoms with Crippen LogP contribution < -0.4 is 20.7 Å². The first-order valence-corrected chi connectivity index (χ1v) is 14.6. The van der Waals surface area contributed by atoms with Crippen molar-refractivity contribution in [1.29, 1.82) is 0 Å². The quantitative estimate of drug-likeness (QED) is 0.172. The van der Waals surface area contributed by atoms with Gasteiger partial charge in [-0.1, -0.05) is 23.5 Å². The van der Waals surface area contributed by atoms with Crippen molar-refractivity contribution in [2.75, 3.05) is 0 Å². The third kappa shape index (κ3) is 4.58. The molecule has 5 heterocycles. The summed E-state index contributed by atoms with van der Waals surface area (Å²) in [6, 6.07) is 19.0. The first-order valence-electron chi connectivity index (χ1n) is 13.8. The number of hydrogen-bond donors (Lipinski definition) is 0. The van der Waals surface area contributed by atoms with E-state index in [1.54, 1.807) is 0 Å². The van der Waals surface area contributed by atoms with Gasteiger partial charge in [-0.15, -0.1) is 10.7 Å².